The van der Waals surface area contributed by atoms with E-state index in [1.165, 1.54) is 51.4 Å². The van der Waals surface area contributed by atoms with Crippen molar-refractivity contribution in [3.8, 4) is 0 Å². The van der Waals surface area contributed by atoms with Gasteiger partial charge in [-0.15, -0.1) is 12.4 Å². The molecule has 0 aromatic carbocycles. The van der Waals surface area contributed by atoms with Gasteiger partial charge in [-0.3, -0.25) is 4.79 Å². The normalized spacial score (nSPS) is 27.1. The molecule has 1 aliphatic carbocycles. The Balaban J connectivity index is 0.00000192. The smallest absolute Gasteiger partial charge is 0.230 e. The van der Waals surface area contributed by atoms with Gasteiger partial charge in [-0.1, -0.05) is 25.7 Å². The van der Waals surface area contributed by atoms with E-state index in [1.807, 2.05) is 0 Å². The third-order valence-corrected chi connectivity index (χ3v) is 6.41. The predicted octanol–water partition coefficient (Wildman–Crippen LogP) is 3.13. The first-order chi connectivity index (χ1) is 10.7. The summed E-state index contributed by atoms with van der Waals surface area (Å²) in [5.41, 5.74) is 6.10. The summed E-state index contributed by atoms with van der Waals surface area (Å²) in [5.74, 6) is 0.321. The minimum atomic E-state index is -0.346. The zero-order chi connectivity index (χ0) is 15.5. The van der Waals surface area contributed by atoms with Crippen molar-refractivity contribution in [1.29, 1.82) is 0 Å². The topological polar surface area (TPSA) is 55.6 Å². The van der Waals surface area contributed by atoms with Crippen LogP contribution in [0, 0.1) is 10.8 Å². The van der Waals surface area contributed by atoms with Crippen LogP contribution in [0.25, 0.3) is 0 Å². The van der Waals surface area contributed by atoms with Crippen LogP contribution in [0.5, 0.6) is 0 Å². The number of hydrogen-bond donors (Lipinski definition) is 1. The van der Waals surface area contributed by atoms with Crippen LogP contribution in [-0.2, 0) is 9.53 Å². The molecule has 3 aliphatic rings. The maximum Gasteiger partial charge on any atom is 0.230 e. The number of rotatable bonds is 2. The third kappa shape index (κ3) is 4.02. The van der Waals surface area contributed by atoms with Gasteiger partial charge in [0.2, 0.25) is 5.91 Å². The molecule has 5 heteroatoms. The van der Waals surface area contributed by atoms with E-state index in [0.717, 1.165) is 25.9 Å². The van der Waals surface area contributed by atoms with E-state index in [-0.39, 0.29) is 17.8 Å². The Labute approximate surface area is 146 Å². The Bertz CT molecular complexity index is 388. The Morgan fingerprint density at radius 3 is 2.17 bits per heavy atom. The number of carbonyl (C=O) groups is 1. The van der Waals surface area contributed by atoms with Crippen LogP contribution >= 0.6 is 12.4 Å². The molecular formula is C18H33ClN2O2. The minimum Gasteiger partial charge on any atom is -0.381 e. The summed E-state index contributed by atoms with van der Waals surface area (Å²) >= 11 is 0. The van der Waals surface area contributed by atoms with Gasteiger partial charge in [0.15, 0.2) is 0 Å². The summed E-state index contributed by atoms with van der Waals surface area (Å²) in [6, 6.07) is 0. The molecule has 2 heterocycles. The molecule has 0 bridgehead atoms. The molecule has 3 rings (SSSR count). The summed E-state index contributed by atoms with van der Waals surface area (Å²) in [7, 11) is 0. The number of ether oxygens (including phenoxy) is 1. The second-order valence-electron chi connectivity index (χ2n) is 7.84. The zero-order valence-electron chi connectivity index (χ0n) is 14.4. The number of nitrogens with two attached hydrogens (primary N) is 1. The van der Waals surface area contributed by atoms with Crippen molar-refractivity contribution in [2.45, 2.75) is 64.2 Å². The molecule has 2 N–H and O–H groups in total. The van der Waals surface area contributed by atoms with Crippen LogP contribution in [-0.4, -0.2) is 43.7 Å². The maximum absolute atomic E-state index is 13.2. The first kappa shape index (κ1) is 19.0. The van der Waals surface area contributed by atoms with Crippen LogP contribution in [0.15, 0.2) is 0 Å². The quantitative estimate of drug-likeness (QED) is 0.837. The number of amides is 1. The van der Waals surface area contributed by atoms with Crippen molar-refractivity contribution in [3.63, 3.8) is 0 Å². The fourth-order valence-electron chi connectivity index (χ4n) is 4.87. The molecule has 1 saturated carbocycles. The van der Waals surface area contributed by atoms with Gasteiger partial charge >= 0.3 is 0 Å². The molecule has 2 saturated heterocycles. The lowest BCUT2D eigenvalue weighted by Crippen LogP contribution is -2.55. The first-order valence-electron chi connectivity index (χ1n) is 9.27. The molecule has 0 aromatic rings. The standard InChI is InChI=1S/C18H32N2O2.ClH/c19-14-18(9-12-22-13-10-18)16(21)20-11-5-8-17(15-20)6-3-1-2-4-7-17;/h1-15,19H2;1H. The molecule has 0 unspecified atom stereocenters. The average molecular weight is 345 g/mol. The van der Waals surface area contributed by atoms with E-state index in [9.17, 15) is 4.79 Å². The highest BCUT2D eigenvalue weighted by molar-refractivity contribution is 5.85. The lowest BCUT2D eigenvalue weighted by molar-refractivity contribution is -0.151. The highest BCUT2D eigenvalue weighted by atomic mass is 35.5. The summed E-state index contributed by atoms with van der Waals surface area (Å²) in [4.78, 5) is 15.4. The lowest BCUT2D eigenvalue weighted by Gasteiger charge is -2.46. The van der Waals surface area contributed by atoms with E-state index in [1.54, 1.807) is 0 Å². The molecule has 1 amide bonds. The SMILES string of the molecule is Cl.NCC1(C(=O)N2CCCC3(CCCCCC3)C2)CCOCC1. The number of piperidine rings is 1. The van der Waals surface area contributed by atoms with Crippen LogP contribution in [0.3, 0.4) is 0 Å². The summed E-state index contributed by atoms with van der Waals surface area (Å²) in [5, 5.41) is 0. The third-order valence-electron chi connectivity index (χ3n) is 6.41. The van der Waals surface area contributed by atoms with Gasteiger partial charge in [0, 0.05) is 32.8 Å². The second kappa shape index (κ2) is 8.17. The maximum atomic E-state index is 13.2. The van der Waals surface area contributed by atoms with Crippen molar-refractivity contribution in [2.24, 2.45) is 16.6 Å². The fraction of sp³-hybridized carbons (Fsp3) is 0.944. The average Bonchev–Trinajstić information content (AvgIpc) is 2.80. The number of carbonyl (C=O) groups excluding carboxylic acids is 1. The van der Waals surface area contributed by atoms with Crippen molar-refractivity contribution in [2.75, 3.05) is 32.8 Å². The number of likely N-dealkylation sites (tertiary alicyclic amines) is 1. The van der Waals surface area contributed by atoms with Crippen molar-refractivity contribution in [1.82, 2.24) is 4.90 Å². The molecule has 134 valence electrons. The van der Waals surface area contributed by atoms with E-state index in [2.05, 4.69) is 4.90 Å². The lowest BCUT2D eigenvalue weighted by atomic mass is 9.72. The molecule has 4 nitrogen and oxygen atoms in total. The van der Waals surface area contributed by atoms with E-state index >= 15 is 0 Å². The Morgan fingerprint density at radius 1 is 0.957 bits per heavy atom. The van der Waals surface area contributed by atoms with E-state index in [0.29, 0.717) is 31.1 Å². The van der Waals surface area contributed by atoms with E-state index in [4.69, 9.17) is 10.5 Å². The number of nitrogens with zero attached hydrogens (tertiary/aromatic N) is 1. The van der Waals surface area contributed by atoms with Crippen LogP contribution in [0.2, 0.25) is 0 Å². The Morgan fingerprint density at radius 2 is 1.57 bits per heavy atom. The van der Waals surface area contributed by atoms with Gasteiger partial charge in [0.25, 0.3) is 0 Å². The Hall–Kier alpha value is -0.320. The summed E-state index contributed by atoms with van der Waals surface area (Å²) < 4.78 is 5.46. The van der Waals surface area contributed by atoms with Gasteiger partial charge in [0.1, 0.15) is 0 Å². The number of hydrogen-bond acceptors (Lipinski definition) is 3. The van der Waals surface area contributed by atoms with Gasteiger partial charge < -0.3 is 15.4 Å². The number of halogens is 1. The predicted molar refractivity (Wildman–Crippen MR) is 94.7 cm³/mol. The van der Waals surface area contributed by atoms with Gasteiger partial charge in [-0.25, -0.2) is 0 Å². The van der Waals surface area contributed by atoms with Gasteiger partial charge in [-0.2, -0.15) is 0 Å². The highest BCUT2D eigenvalue weighted by Gasteiger charge is 2.45. The van der Waals surface area contributed by atoms with Crippen LogP contribution in [0.4, 0.5) is 0 Å². The van der Waals surface area contributed by atoms with Crippen molar-refractivity contribution >= 4 is 18.3 Å². The molecule has 0 aromatic heterocycles. The van der Waals surface area contributed by atoms with Gasteiger partial charge in [-0.05, 0) is 43.9 Å². The van der Waals surface area contributed by atoms with Crippen molar-refractivity contribution in [3.05, 3.63) is 0 Å². The molecule has 2 aliphatic heterocycles. The molecule has 1 spiro atoms. The second-order valence-corrected chi connectivity index (χ2v) is 7.84. The molecular weight excluding hydrogens is 312 g/mol. The zero-order valence-corrected chi connectivity index (χ0v) is 15.2. The molecule has 23 heavy (non-hydrogen) atoms. The van der Waals surface area contributed by atoms with Crippen molar-refractivity contribution < 1.29 is 9.53 Å². The highest BCUT2D eigenvalue weighted by Crippen LogP contribution is 2.43. The van der Waals surface area contributed by atoms with Gasteiger partial charge in [0.05, 0.1) is 5.41 Å². The molecule has 0 radical (unpaired) electrons. The summed E-state index contributed by atoms with van der Waals surface area (Å²) in [6.07, 6.45) is 12.1. The largest absolute Gasteiger partial charge is 0.381 e. The molecule has 0 atom stereocenters. The monoisotopic (exact) mass is 344 g/mol. The first-order valence-corrected chi connectivity index (χ1v) is 9.27. The van der Waals surface area contributed by atoms with Crippen LogP contribution < -0.4 is 5.73 Å². The minimum absolute atomic E-state index is 0. The Kier molecular flexibility index (Phi) is 6.76. The van der Waals surface area contributed by atoms with E-state index < -0.39 is 0 Å². The fourth-order valence-corrected chi connectivity index (χ4v) is 4.87. The summed E-state index contributed by atoms with van der Waals surface area (Å²) in [6.45, 7) is 3.75. The van der Waals surface area contributed by atoms with Crippen LogP contribution in [0.1, 0.15) is 64.2 Å². The molecule has 3 fully saturated rings.